The third kappa shape index (κ3) is 5.07. The molecule has 0 spiro atoms. The van der Waals surface area contributed by atoms with E-state index in [2.05, 4.69) is 22.5 Å². The summed E-state index contributed by atoms with van der Waals surface area (Å²) in [5.74, 6) is 0.867. The van der Waals surface area contributed by atoms with E-state index in [1.54, 1.807) is 18.2 Å². The number of ether oxygens (including phenoxy) is 2. The van der Waals surface area contributed by atoms with E-state index < -0.39 is 11.6 Å². The fourth-order valence-corrected chi connectivity index (χ4v) is 2.91. The minimum absolute atomic E-state index is 0.165. The number of benzene rings is 2. The number of carbonyl (C=O) groups excluding carboxylic acids is 2. The third-order valence-electron chi connectivity index (χ3n) is 4.57. The molecule has 1 aliphatic heterocycles. The summed E-state index contributed by atoms with van der Waals surface area (Å²) >= 11 is 0. The van der Waals surface area contributed by atoms with Crippen molar-refractivity contribution in [2.75, 3.05) is 18.7 Å². The van der Waals surface area contributed by atoms with Gasteiger partial charge in [-0.05, 0) is 50.1 Å². The second-order valence-corrected chi connectivity index (χ2v) is 7.41. The largest absolute Gasteiger partial charge is 0.454 e. The van der Waals surface area contributed by atoms with E-state index in [1.807, 2.05) is 45.0 Å². The fraction of sp³-hybridized carbons (Fsp3) is 0.273. The first kappa shape index (κ1) is 20.3. The Labute approximate surface area is 170 Å². The number of rotatable bonds is 6. The Morgan fingerprint density at radius 2 is 1.86 bits per heavy atom. The maximum atomic E-state index is 12.3. The van der Waals surface area contributed by atoms with Gasteiger partial charge in [0.05, 0.1) is 12.1 Å². The zero-order valence-corrected chi connectivity index (χ0v) is 16.8. The summed E-state index contributed by atoms with van der Waals surface area (Å²) in [5.41, 5.74) is 2.85. The Balaban J connectivity index is 1.53. The van der Waals surface area contributed by atoms with Gasteiger partial charge < -0.3 is 25.4 Å². The van der Waals surface area contributed by atoms with Gasteiger partial charge in [0.15, 0.2) is 11.5 Å². The molecule has 0 atom stereocenters. The van der Waals surface area contributed by atoms with Gasteiger partial charge in [-0.25, -0.2) is 4.79 Å². The SMILES string of the molecule is C=C(C)c1cccc(C(C)(C)NC(=O)NCC(=O)Nc2ccc3c(c2)OCO3)c1. The van der Waals surface area contributed by atoms with Gasteiger partial charge in [0.25, 0.3) is 0 Å². The Kier molecular flexibility index (Phi) is 5.77. The number of urea groups is 1. The molecule has 0 fully saturated rings. The highest BCUT2D eigenvalue weighted by molar-refractivity contribution is 5.94. The first-order valence-corrected chi connectivity index (χ1v) is 9.26. The molecular weight excluding hydrogens is 370 g/mol. The molecule has 3 N–H and O–H groups in total. The number of anilines is 1. The predicted octanol–water partition coefficient (Wildman–Crippen LogP) is 3.62. The van der Waals surface area contributed by atoms with E-state index in [0.29, 0.717) is 17.2 Å². The van der Waals surface area contributed by atoms with Gasteiger partial charge in [-0.3, -0.25) is 4.79 Å². The van der Waals surface area contributed by atoms with E-state index in [4.69, 9.17) is 9.47 Å². The first-order valence-electron chi connectivity index (χ1n) is 9.26. The Hall–Kier alpha value is -3.48. The quantitative estimate of drug-likeness (QED) is 0.697. The zero-order valence-electron chi connectivity index (χ0n) is 16.8. The van der Waals surface area contributed by atoms with Gasteiger partial charge in [-0.2, -0.15) is 0 Å². The van der Waals surface area contributed by atoms with Crippen LogP contribution < -0.4 is 25.4 Å². The number of nitrogens with one attached hydrogen (secondary N) is 3. The van der Waals surface area contributed by atoms with Crippen LogP contribution in [0.4, 0.5) is 10.5 Å². The number of carbonyl (C=O) groups is 2. The average molecular weight is 395 g/mol. The molecule has 7 heteroatoms. The van der Waals surface area contributed by atoms with Crippen molar-refractivity contribution in [2.24, 2.45) is 0 Å². The molecule has 0 aliphatic carbocycles. The van der Waals surface area contributed by atoms with Crippen molar-refractivity contribution in [1.29, 1.82) is 0 Å². The van der Waals surface area contributed by atoms with Crippen LogP contribution in [-0.2, 0) is 10.3 Å². The molecule has 1 heterocycles. The van der Waals surface area contributed by atoms with E-state index >= 15 is 0 Å². The normalized spacial score (nSPS) is 12.2. The molecule has 0 saturated heterocycles. The monoisotopic (exact) mass is 395 g/mol. The van der Waals surface area contributed by atoms with E-state index in [0.717, 1.165) is 16.7 Å². The van der Waals surface area contributed by atoms with Crippen LogP contribution in [-0.4, -0.2) is 25.3 Å². The van der Waals surface area contributed by atoms with Gasteiger partial charge >= 0.3 is 6.03 Å². The molecule has 1 aliphatic rings. The van der Waals surface area contributed by atoms with E-state index in [9.17, 15) is 9.59 Å². The summed E-state index contributed by atoms with van der Waals surface area (Å²) < 4.78 is 10.5. The highest BCUT2D eigenvalue weighted by Gasteiger charge is 2.23. The molecule has 0 saturated carbocycles. The zero-order chi connectivity index (χ0) is 21.0. The summed E-state index contributed by atoms with van der Waals surface area (Å²) in [4.78, 5) is 24.4. The summed E-state index contributed by atoms with van der Waals surface area (Å²) in [5, 5.41) is 8.19. The number of allylic oxidation sites excluding steroid dienone is 1. The molecular formula is C22H25N3O4. The molecule has 2 aromatic rings. The molecule has 7 nitrogen and oxygen atoms in total. The smallest absolute Gasteiger partial charge is 0.315 e. The van der Waals surface area contributed by atoms with Crippen LogP contribution in [0.15, 0.2) is 49.0 Å². The van der Waals surface area contributed by atoms with Crippen LogP contribution in [0.2, 0.25) is 0 Å². The van der Waals surface area contributed by atoms with Crippen LogP contribution in [0.3, 0.4) is 0 Å². The molecule has 0 radical (unpaired) electrons. The predicted molar refractivity (Wildman–Crippen MR) is 112 cm³/mol. The van der Waals surface area contributed by atoms with Crippen LogP contribution in [0, 0.1) is 0 Å². The maximum Gasteiger partial charge on any atom is 0.315 e. The lowest BCUT2D eigenvalue weighted by Gasteiger charge is -2.27. The van der Waals surface area contributed by atoms with Crippen molar-refractivity contribution in [3.63, 3.8) is 0 Å². The van der Waals surface area contributed by atoms with Crippen LogP contribution in [0.5, 0.6) is 11.5 Å². The van der Waals surface area contributed by atoms with Crippen molar-refractivity contribution in [1.82, 2.24) is 10.6 Å². The molecule has 29 heavy (non-hydrogen) atoms. The van der Waals surface area contributed by atoms with Gasteiger partial charge in [-0.15, -0.1) is 0 Å². The van der Waals surface area contributed by atoms with Crippen molar-refractivity contribution >= 4 is 23.2 Å². The maximum absolute atomic E-state index is 12.3. The minimum atomic E-state index is -0.622. The van der Waals surface area contributed by atoms with Crippen molar-refractivity contribution in [3.8, 4) is 11.5 Å². The summed E-state index contributed by atoms with van der Waals surface area (Å²) in [6.45, 7) is 9.69. The van der Waals surface area contributed by atoms with Crippen molar-refractivity contribution in [2.45, 2.75) is 26.3 Å². The number of hydrogen-bond acceptors (Lipinski definition) is 4. The molecule has 3 rings (SSSR count). The van der Waals surface area contributed by atoms with Crippen molar-refractivity contribution < 1.29 is 19.1 Å². The van der Waals surface area contributed by atoms with E-state index in [1.165, 1.54) is 0 Å². The molecule has 152 valence electrons. The lowest BCUT2D eigenvalue weighted by Crippen LogP contribution is -2.48. The fourth-order valence-electron chi connectivity index (χ4n) is 2.91. The molecule has 0 bridgehead atoms. The Bertz CT molecular complexity index is 953. The lowest BCUT2D eigenvalue weighted by molar-refractivity contribution is -0.115. The molecule has 2 aromatic carbocycles. The Morgan fingerprint density at radius 1 is 1.10 bits per heavy atom. The van der Waals surface area contributed by atoms with Gasteiger partial charge in [0.1, 0.15) is 0 Å². The standard InChI is InChI=1S/C22H25N3O4/c1-14(2)15-6-5-7-16(10-15)22(3,4)25-21(27)23-12-20(26)24-17-8-9-18-19(11-17)29-13-28-18/h5-11H,1,12-13H2,2-4H3,(H,24,26)(H2,23,25,27). The summed E-state index contributed by atoms with van der Waals surface area (Å²) in [6.07, 6.45) is 0. The van der Waals surface area contributed by atoms with Crippen LogP contribution in [0.1, 0.15) is 31.9 Å². The number of amides is 3. The third-order valence-corrected chi connectivity index (χ3v) is 4.57. The number of fused-ring (bicyclic) bond motifs is 1. The van der Waals surface area contributed by atoms with E-state index in [-0.39, 0.29) is 19.2 Å². The van der Waals surface area contributed by atoms with Gasteiger partial charge in [0.2, 0.25) is 12.7 Å². The Morgan fingerprint density at radius 3 is 2.62 bits per heavy atom. The molecule has 0 unspecified atom stereocenters. The first-order chi connectivity index (χ1) is 13.7. The number of hydrogen-bond donors (Lipinski definition) is 3. The van der Waals surface area contributed by atoms with Crippen LogP contribution in [0.25, 0.3) is 5.57 Å². The summed E-state index contributed by atoms with van der Waals surface area (Å²) in [6, 6.07) is 12.5. The topological polar surface area (TPSA) is 88.7 Å². The van der Waals surface area contributed by atoms with Crippen molar-refractivity contribution in [3.05, 3.63) is 60.2 Å². The van der Waals surface area contributed by atoms with Crippen LogP contribution >= 0.6 is 0 Å². The van der Waals surface area contributed by atoms with Gasteiger partial charge in [-0.1, -0.05) is 30.4 Å². The molecule has 0 aromatic heterocycles. The lowest BCUT2D eigenvalue weighted by atomic mass is 9.92. The van der Waals surface area contributed by atoms with Gasteiger partial charge in [0, 0.05) is 11.8 Å². The minimum Gasteiger partial charge on any atom is -0.454 e. The second-order valence-electron chi connectivity index (χ2n) is 7.41. The highest BCUT2D eigenvalue weighted by atomic mass is 16.7. The second kappa shape index (κ2) is 8.26. The summed E-state index contributed by atoms with van der Waals surface area (Å²) in [7, 11) is 0. The average Bonchev–Trinajstić information content (AvgIpc) is 3.14. The molecule has 3 amide bonds. The highest BCUT2D eigenvalue weighted by Crippen LogP contribution is 2.34.